The summed E-state index contributed by atoms with van der Waals surface area (Å²) < 4.78 is 13.2. The number of anilines is 1. The van der Waals surface area contributed by atoms with E-state index >= 15 is 0 Å². The smallest absolute Gasteiger partial charge is 0.152 e. The van der Waals surface area contributed by atoms with E-state index in [-0.39, 0.29) is 5.82 Å². The van der Waals surface area contributed by atoms with Crippen LogP contribution in [0, 0.1) is 17.7 Å². The lowest BCUT2D eigenvalue weighted by molar-refractivity contribution is 0.112. The normalized spacial score (nSPS) is 18.7. The highest BCUT2D eigenvalue weighted by molar-refractivity contribution is 5.84. The van der Waals surface area contributed by atoms with Gasteiger partial charge in [0.05, 0.1) is 0 Å². The number of benzene rings is 1. The van der Waals surface area contributed by atoms with E-state index in [1.54, 1.807) is 6.07 Å². The molecule has 0 atom stereocenters. The SMILES string of the molecule is O=Cc1cc(F)ccc1N(CC1CC1)CC1CC1. The quantitative estimate of drug-likeness (QED) is 0.719. The molecular formula is C15H18FNO. The summed E-state index contributed by atoms with van der Waals surface area (Å²) in [5, 5.41) is 0. The summed E-state index contributed by atoms with van der Waals surface area (Å²) in [6.07, 6.45) is 5.93. The van der Waals surface area contributed by atoms with Crippen molar-refractivity contribution in [3.8, 4) is 0 Å². The Morgan fingerprint density at radius 1 is 1.17 bits per heavy atom. The molecule has 0 radical (unpaired) electrons. The van der Waals surface area contributed by atoms with Gasteiger partial charge >= 0.3 is 0 Å². The highest BCUT2D eigenvalue weighted by Gasteiger charge is 2.30. The van der Waals surface area contributed by atoms with Gasteiger partial charge in [-0.25, -0.2) is 4.39 Å². The Morgan fingerprint density at radius 2 is 1.78 bits per heavy atom. The first-order valence-electron chi connectivity index (χ1n) is 6.76. The highest BCUT2D eigenvalue weighted by Crippen LogP contribution is 2.36. The summed E-state index contributed by atoms with van der Waals surface area (Å²) in [6, 6.07) is 4.55. The predicted molar refractivity (Wildman–Crippen MR) is 69.4 cm³/mol. The molecule has 1 aromatic rings. The van der Waals surface area contributed by atoms with Crippen molar-refractivity contribution in [2.75, 3.05) is 18.0 Å². The first kappa shape index (κ1) is 11.7. The summed E-state index contributed by atoms with van der Waals surface area (Å²) in [5.41, 5.74) is 1.39. The maximum Gasteiger partial charge on any atom is 0.152 e. The van der Waals surface area contributed by atoms with Crippen LogP contribution in [0.1, 0.15) is 36.0 Å². The van der Waals surface area contributed by atoms with Crippen LogP contribution in [0.2, 0.25) is 0 Å². The van der Waals surface area contributed by atoms with Gasteiger partial charge in [0, 0.05) is 24.3 Å². The van der Waals surface area contributed by atoms with Crippen LogP contribution in [0.5, 0.6) is 0 Å². The lowest BCUT2D eigenvalue weighted by atomic mass is 10.1. The Morgan fingerprint density at radius 3 is 2.28 bits per heavy atom. The highest BCUT2D eigenvalue weighted by atomic mass is 19.1. The molecule has 0 unspecified atom stereocenters. The van der Waals surface area contributed by atoms with E-state index in [0.717, 1.165) is 36.9 Å². The fraction of sp³-hybridized carbons (Fsp3) is 0.533. The van der Waals surface area contributed by atoms with Gasteiger partial charge in [-0.05, 0) is 55.7 Å². The summed E-state index contributed by atoms with van der Waals surface area (Å²) in [5.74, 6) is 1.21. The van der Waals surface area contributed by atoms with Crippen molar-refractivity contribution in [1.82, 2.24) is 0 Å². The lowest BCUT2D eigenvalue weighted by Crippen LogP contribution is -2.29. The minimum atomic E-state index is -0.335. The number of carbonyl (C=O) groups excluding carboxylic acids is 1. The Hall–Kier alpha value is -1.38. The predicted octanol–water partition coefficient (Wildman–Crippen LogP) is 3.26. The van der Waals surface area contributed by atoms with Crippen molar-refractivity contribution in [2.45, 2.75) is 25.7 Å². The van der Waals surface area contributed by atoms with E-state index in [0.29, 0.717) is 5.56 Å². The number of nitrogens with zero attached hydrogens (tertiary/aromatic N) is 1. The van der Waals surface area contributed by atoms with Gasteiger partial charge in [0.25, 0.3) is 0 Å². The molecule has 3 rings (SSSR count). The maximum absolute atomic E-state index is 13.2. The molecule has 2 nitrogen and oxygen atoms in total. The van der Waals surface area contributed by atoms with Crippen LogP contribution in [0.4, 0.5) is 10.1 Å². The summed E-state index contributed by atoms with van der Waals surface area (Å²) in [4.78, 5) is 13.4. The molecule has 96 valence electrons. The molecular weight excluding hydrogens is 229 g/mol. The van der Waals surface area contributed by atoms with Crippen LogP contribution in [-0.4, -0.2) is 19.4 Å². The molecule has 3 heteroatoms. The second kappa shape index (κ2) is 4.71. The monoisotopic (exact) mass is 247 g/mol. The minimum Gasteiger partial charge on any atom is -0.370 e. The topological polar surface area (TPSA) is 20.3 Å². The van der Waals surface area contributed by atoms with Crippen molar-refractivity contribution in [2.24, 2.45) is 11.8 Å². The number of aldehydes is 1. The van der Waals surface area contributed by atoms with Crippen LogP contribution in [-0.2, 0) is 0 Å². The molecule has 0 aliphatic heterocycles. The number of halogens is 1. The summed E-state index contributed by atoms with van der Waals surface area (Å²) in [7, 11) is 0. The first-order chi connectivity index (χ1) is 8.76. The minimum absolute atomic E-state index is 0.335. The third-order valence-electron chi connectivity index (χ3n) is 3.81. The largest absolute Gasteiger partial charge is 0.370 e. The molecule has 0 N–H and O–H groups in total. The number of carbonyl (C=O) groups is 1. The van der Waals surface area contributed by atoms with Gasteiger partial charge in [0.2, 0.25) is 0 Å². The van der Waals surface area contributed by atoms with Gasteiger partial charge in [0.1, 0.15) is 5.82 Å². The molecule has 18 heavy (non-hydrogen) atoms. The summed E-state index contributed by atoms with van der Waals surface area (Å²) in [6.45, 7) is 2.03. The first-order valence-corrected chi connectivity index (χ1v) is 6.76. The Balaban J connectivity index is 1.83. The molecule has 0 spiro atoms. The van der Waals surface area contributed by atoms with Gasteiger partial charge in [-0.2, -0.15) is 0 Å². The van der Waals surface area contributed by atoms with E-state index in [2.05, 4.69) is 4.90 Å². The van der Waals surface area contributed by atoms with E-state index < -0.39 is 0 Å². The fourth-order valence-corrected chi connectivity index (χ4v) is 2.40. The zero-order valence-corrected chi connectivity index (χ0v) is 10.4. The molecule has 2 aliphatic carbocycles. The van der Waals surface area contributed by atoms with Crippen molar-refractivity contribution in [1.29, 1.82) is 0 Å². The molecule has 1 aromatic carbocycles. The van der Waals surface area contributed by atoms with Crippen molar-refractivity contribution in [3.63, 3.8) is 0 Å². The Labute approximate surface area is 107 Å². The van der Waals surface area contributed by atoms with Gasteiger partial charge < -0.3 is 4.90 Å². The van der Waals surface area contributed by atoms with Crippen LogP contribution < -0.4 is 4.90 Å². The van der Waals surface area contributed by atoms with Crippen LogP contribution in [0.3, 0.4) is 0 Å². The van der Waals surface area contributed by atoms with E-state index in [1.165, 1.54) is 37.8 Å². The number of hydrogen-bond donors (Lipinski definition) is 0. The average molecular weight is 247 g/mol. The lowest BCUT2D eigenvalue weighted by Gasteiger charge is -2.26. The van der Waals surface area contributed by atoms with Crippen molar-refractivity contribution >= 4 is 12.0 Å². The maximum atomic E-state index is 13.2. The molecule has 2 fully saturated rings. The number of hydrogen-bond acceptors (Lipinski definition) is 2. The molecule has 2 saturated carbocycles. The fourth-order valence-electron chi connectivity index (χ4n) is 2.40. The van der Waals surface area contributed by atoms with E-state index in [1.807, 2.05) is 0 Å². The van der Waals surface area contributed by atoms with Crippen molar-refractivity contribution < 1.29 is 9.18 Å². The standard InChI is InChI=1S/C15H18FNO/c16-14-5-6-15(13(7-14)10-18)17(8-11-1-2-11)9-12-3-4-12/h5-7,10-12H,1-4,8-9H2. The van der Waals surface area contributed by atoms with Gasteiger partial charge in [-0.1, -0.05) is 0 Å². The molecule has 0 saturated heterocycles. The summed E-state index contributed by atoms with van der Waals surface area (Å²) >= 11 is 0. The number of rotatable bonds is 6. The zero-order valence-electron chi connectivity index (χ0n) is 10.4. The van der Waals surface area contributed by atoms with Crippen molar-refractivity contribution in [3.05, 3.63) is 29.6 Å². The molecule has 0 heterocycles. The van der Waals surface area contributed by atoms with Crippen LogP contribution in [0.15, 0.2) is 18.2 Å². The molecule has 0 amide bonds. The molecule has 2 aliphatic rings. The van der Waals surface area contributed by atoms with Crippen LogP contribution in [0.25, 0.3) is 0 Å². The van der Waals surface area contributed by atoms with E-state index in [9.17, 15) is 9.18 Å². The van der Waals surface area contributed by atoms with E-state index in [4.69, 9.17) is 0 Å². The second-order valence-electron chi connectivity index (χ2n) is 5.61. The second-order valence-corrected chi connectivity index (χ2v) is 5.61. The van der Waals surface area contributed by atoms with Crippen LogP contribution >= 0.6 is 0 Å². The molecule has 0 bridgehead atoms. The third kappa shape index (κ3) is 2.71. The van der Waals surface area contributed by atoms with Gasteiger partial charge in [-0.15, -0.1) is 0 Å². The van der Waals surface area contributed by atoms with Gasteiger partial charge in [0.15, 0.2) is 6.29 Å². The van der Waals surface area contributed by atoms with Gasteiger partial charge in [-0.3, -0.25) is 4.79 Å². The Bertz CT molecular complexity index is 438. The third-order valence-corrected chi connectivity index (χ3v) is 3.81. The zero-order chi connectivity index (χ0) is 12.5. The average Bonchev–Trinajstić information content (AvgIpc) is 3.23. The Kier molecular flexibility index (Phi) is 3.06. The molecule has 0 aromatic heterocycles.